The van der Waals surface area contributed by atoms with E-state index in [1.165, 1.54) is 12.1 Å². The zero-order valence-electron chi connectivity index (χ0n) is 12.7. The molecular weight excluding hydrogens is 311 g/mol. The number of nitrogens with zero attached hydrogens (tertiary/aromatic N) is 2. The number of Topliss-reactive ketones (excluding diaryl/α,β-unsaturated/α-hetero) is 1. The predicted octanol–water partition coefficient (Wildman–Crippen LogP) is 2.48. The second-order valence-electron chi connectivity index (χ2n) is 5.36. The quantitative estimate of drug-likeness (QED) is 0.626. The van der Waals surface area contributed by atoms with Crippen LogP contribution in [0.5, 0.6) is 5.75 Å². The fourth-order valence-corrected chi connectivity index (χ4v) is 2.62. The van der Waals surface area contributed by atoms with Crippen LogP contribution in [-0.4, -0.2) is 25.3 Å². The number of hydrogen-bond acceptors (Lipinski definition) is 4. The van der Waals surface area contributed by atoms with Crippen molar-refractivity contribution < 1.29 is 18.7 Å². The van der Waals surface area contributed by atoms with Crippen molar-refractivity contribution in [1.29, 1.82) is 5.26 Å². The molecule has 2 aromatic carbocycles. The molecule has 3 rings (SSSR count). The highest BCUT2D eigenvalue weighted by molar-refractivity contribution is 5.98. The second-order valence-corrected chi connectivity index (χ2v) is 5.36. The molecule has 0 atom stereocenters. The Morgan fingerprint density at radius 3 is 2.88 bits per heavy atom. The van der Waals surface area contributed by atoms with Crippen LogP contribution in [0.4, 0.5) is 10.1 Å². The molecule has 1 aliphatic heterocycles. The van der Waals surface area contributed by atoms with Gasteiger partial charge in [0.05, 0.1) is 11.6 Å². The zero-order valence-corrected chi connectivity index (χ0v) is 12.7. The lowest BCUT2D eigenvalue weighted by Gasteiger charge is -2.11. The molecule has 1 amide bonds. The van der Waals surface area contributed by atoms with Crippen molar-refractivity contribution in [2.24, 2.45) is 0 Å². The Balaban J connectivity index is 1.70. The van der Waals surface area contributed by atoms with E-state index in [0.29, 0.717) is 18.5 Å². The lowest BCUT2D eigenvalue weighted by Crippen LogP contribution is -2.17. The summed E-state index contributed by atoms with van der Waals surface area (Å²) in [6, 6.07) is 10.7. The summed E-state index contributed by atoms with van der Waals surface area (Å²) in [7, 11) is 0. The molecule has 0 N–H and O–H groups in total. The fraction of sp³-hybridized carbons (Fsp3) is 0.167. The van der Waals surface area contributed by atoms with E-state index in [4.69, 9.17) is 10.00 Å². The van der Waals surface area contributed by atoms with Gasteiger partial charge in [0.1, 0.15) is 0 Å². The molecule has 6 heteroatoms. The summed E-state index contributed by atoms with van der Waals surface area (Å²) in [6.45, 7) is 0.294. The molecule has 0 bridgehead atoms. The number of ketones is 1. The summed E-state index contributed by atoms with van der Waals surface area (Å²) in [4.78, 5) is 24.7. The number of rotatable bonds is 5. The van der Waals surface area contributed by atoms with Gasteiger partial charge in [0.25, 0.3) is 0 Å². The van der Waals surface area contributed by atoms with Gasteiger partial charge in [-0.1, -0.05) is 0 Å². The number of ether oxygens (including phenoxy) is 1. The molecule has 0 saturated carbocycles. The molecule has 120 valence electrons. The van der Waals surface area contributed by atoms with Crippen LogP contribution in [0.3, 0.4) is 0 Å². The average Bonchev–Trinajstić information content (AvgIpc) is 3.02. The number of benzene rings is 2. The maximum Gasteiger partial charge on any atom is 0.214 e. The van der Waals surface area contributed by atoms with Crippen LogP contribution in [0.25, 0.3) is 0 Å². The SMILES string of the molecule is N#Cc1ccc(OCC(=O)c2ccc3c(c2)CCN3C=O)c(F)c1. The normalized spacial score (nSPS) is 12.4. The summed E-state index contributed by atoms with van der Waals surface area (Å²) in [6.07, 6.45) is 1.46. The van der Waals surface area contributed by atoms with E-state index in [9.17, 15) is 14.0 Å². The van der Waals surface area contributed by atoms with Crippen molar-refractivity contribution in [1.82, 2.24) is 0 Å². The Labute approximate surface area is 137 Å². The third kappa shape index (κ3) is 2.97. The molecule has 0 radical (unpaired) electrons. The fourth-order valence-electron chi connectivity index (χ4n) is 2.62. The lowest BCUT2D eigenvalue weighted by atomic mass is 10.1. The molecule has 0 fully saturated rings. The third-order valence-corrected chi connectivity index (χ3v) is 3.88. The number of carbonyl (C=O) groups excluding carboxylic acids is 2. The monoisotopic (exact) mass is 324 g/mol. The summed E-state index contributed by atoms with van der Waals surface area (Å²) in [5.74, 6) is -1.04. The molecule has 0 aliphatic carbocycles. The first-order chi connectivity index (χ1) is 11.6. The standard InChI is InChI=1S/C18H13FN2O3/c19-15-7-12(9-20)1-4-18(15)24-10-17(23)14-2-3-16-13(8-14)5-6-21(16)11-22/h1-4,7-8,11H,5-6,10H2. The number of carbonyl (C=O) groups is 2. The Morgan fingerprint density at radius 2 is 2.17 bits per heavy atom. The van der Waals surface area contributed by atoms with Gasteiger partial charge in [-0.15, -0.1) is 0 Å². The minimum atomic E-state index is -0.683. The van der Waals surface area contributed by atoms with Crippen LogP contribution < -0.4 is 9.64 Å². The van der Waals surface area contributed by atoms with Crippen LogP contribution in [0.2, 0.25) is 0 Å². The first-order valence-electron chi connectivity index (χ1n) is 7.33. The van der Waals surface area contributed by atoms with Gasteiger partial charge in [-0.3, -0.25) is 9.59 Å². The number of hydrogen-bond donors (Lipinski definition) is 0. The molecule has 1 aliphatic rings. The number of anilines is 1. The van der Waals surface area contributed by atoms with Gasteiger partial charge >= 0.3 is 0 Å². The van der Waals surface area contributed by atoms with Crippen molar-refractivity contribution in [3.63, 3.8) is 0 Å². The Hall–Kier alpha value is -3.20. The van der Waals surface area contributed by atoms with Crippen LogP contribution in [0, 0.1) is 17.1 Å². The topological polar surface area (TPSA) is 70.4 Å². The van der Waals surface area contributed by atoms with Crippen molar-refractivity contribution in [2.75, 3.05) is 18.1 Å². The van der Waals surface area contributed by atoms with E-state index < -0.39 is 5.82 Å². The van der Waals surface area contributed by atoms with Crippen LogP contribution in [-0.2, 0) is 11.2 Å². The van der Waals surface area contributed by atoms with Gasteiger partial charge in [0.2, 0.25) is 6.41 Å². The highest BCUT2D eigenvalue weighted by Crippen LogP contribution is 2.28. The van der Waals surface area contributed by atoms with Crippen molar-refractivity contribution in [3.8, 4) is 11.8 Å². The van der Waals surface area contributed by atoms with E-state index in [2.05, 4.69) is 0 Å². The minimum Gasteiger partial charge on any atom is -0.482 e. The van der Waals surface area contributed by atoms with Crippen LogP contribution in [0.15, 0.2) is 36.4 Å². The average molecular weight is 324 g/mol. The molecule has 0 spiro atoms. The van der Waals surface area contributed by atoms with Gasteiger partial charge in [-0.25, -0.2) is 4.39 Å². The van der Waals surface area contributed by atoms with Gasteiger partial charge in [0, 0.05) is 17.8 Å². The van der Waals surface area contributed by atoms with Crippen molar-refractivity contribution in [2.45, 2.75) is 6.42 Å². The number of fused-ring (bicyclic) bond motifs is 1. The van der Waals surface area contributed by atoms with Gasteiger partial charge < -0.3 is 9.64 Å². The largest absolute Gasteiger partial charge is 0.482 e. The highest BCUT2D eigenvalue weighted by Gasteiger charge is 2.20. The summed E-state index contributed by atoms with van der Waals surface area (Å²) >= 11 is 0. The smallest absolute Gasteiger partial charge is 0.214 e. The van der Waals surface area contributed by atoms with Gasteiger partial charge in [-0.2, -0.15) is 5.26 Å². The summed E-state index contributed by atoms with van der Waals surface area (Å²) in [5.41, 5.74) is 2.37. The molecule has 1 heterocycles. The molecule has 24 heavy (non-hydrogen) atoms. The van der Waals surface area contributed by atoms with Crippen molar-refractivity contribution in [3.05, 3.63) is 58.9 Å². The molecule has 0 aromatic heterocycles. The minimum absolute atomic E-state index is 0.0735. The van der Waals surface area contributed by atoms with Crippen LogP contribution >= 0.6 is 0 Å². The van der Waals surface area contributed by atoms with Crippen molar-refractivity contribution >= 4 is 17.9 Å². The number of halogens is 1. The van der Waals surface area contributed by atoms with E-state index in [-0.39, 0.29) is 23.7 Å². The Bertz CT molecular complexity index is 858. The van der Waals surface area contributed by atoms with Gasteiger partial charge in [-0.05, 0) is 48.4 Å². The molecule has 2 aromatic rings. The predicted molar refractivity (Wildman–Crippen MR) is 84.5 cm³/mol. The van der Waals surface area contributed by atoms with Gasteiger partial charge in [0.15, 0.2) is 24.0 Å². The van der Waals surface area contributed by atoms with Crippen LogP contribution in [0.1, 0.15) is 21.5 Å². The molecular formula is C18H13FN2O3. The maximum absolute atomic E-state index is 13.7. The lowest BCUT2D eigenvalue weighted by molar-refractivity contribution is -0.107. The second kappa shape index (κ2) is 6.50. The van der Waals surface area contributed by atoms with E-state index in [0.717, 1.165) is 23.7 Å². The Morgan fingerprint density at radius 1 is 1.33 bits per heavy atom. The molecule has 0 saturated heterocycles. The summed E-state index contributed by atoms with van der Waals surface area (Å²) < 4.78 is 18.9. The molecule has 5 nitrogen and oxygen atoms in total. The Kier molecular flexibility index (Phi) is 4.25. The zero-order chi connectivity index (χ0) is 17.1. The number of nitriles is 1. The third-order valence-electron chi connectivity index (χ3n) is 3.88. The van der Waals surface area contributed by atoms with E-state index in [1.54, 1.807) is 23.1 Å². The maximum atomic E-state index is 13.7. The van der Waals surface area contributed by atoms with E-state index >= 15 is 0 Å². The molecule has 0 unspecified atom stereocenters. The number of amides is 1. The highest BCUT2D eigenvalue weighted by atomic mass is 19.1. The van der Waals surface area contributed by atoms with E-state index in [1.807, 2.05) is 6.07 Å². The summed E-state index contributed by atoms with van der Waals surface area (Å²) in [5, 5.41) is 8.70. The first kappa shape index (κ1) is 15.7. The first-order valence-corrected chi connectivity index (χ1v) is 7.33.